The Labute approximate surface area is 200 Å². The molecule has 0 fully saturated rings. The molecule has 170 valence electrons. The normalized spacial score (nSPS) is 11.0. The van der Waals surface area contributed by atoms with Crippen LogP contribution in [0.2, 0.25) is 0 Å². The number of amides is 2. The molecule has 5 N–H and O–H groups in total. The van der Waals surface area contributed by atoms with Crippen molar-refractivity contribution in [3.05, 3.63) is 65.1 Å². The molecule has 0 spiro atoms. The van der Waals surface area contributed by atoms with E-state index >= 15 is 0 Å². The third-order valence-corrected chi connectivity index (χ3v) is 5.54. The molecule has 1 heterocycles. The van der Waals surface area contributed by atoms with Crippen LogP contribution < -0.4 is 21.1 Å². The number of carbonyl (C=O) groups is 1. The summed E-state index contributed by atoms with van der Waals surface area (Å²) < 4.78 is 6.82. The van der Waals surface area contributed by atoms with Crippen LogP contribution in [0.1, 0.15) is 0 Å². The number of H-pyrrole nitrogens is 1. The zero-order chi connectivity index (χ0) is 23.4. The molecule has 2 amide bonds. The van der Waals surface area contributed by atoms with Crippen LogP contribution in [0, 0.1) is 0 Å². The van der Waals surface area contributed by atoms with E-state index in [1.54, 1.807) is 0 Å². The maximum Gasteiger partial charge on any atom is 0.323 e. The van der Waals surface area contributed by atoms with Gasteiger partial charge in [0.15, 0.2) is 5.82 Å². The molecule has 8 nitrogen and oxygen atoms in total. The fraction of sp³-hybridized carbons (Fsp3) is 0.167. The molecule has 1 aromatic heterocycles. The monoisotopic (exact) mass is 508 g/mol. The lowest BCUT2D eigenvalue weighted by Gasteiger charge is -2.13. The van der Waals surface area contributed by atoms with E-state index in [0.29, 0.717) is 29.5 Å². The number of nitrogens with one attached hydrogen (secondary N) is 3. The lowest BCUT2D eigenvalue weighted by Crippen LogP contribution is -2.19. The molecule has 0 aliphatic rings. The van der Waals surface area contributed by atoms with E-state index in [4.69, 9.17) is 10.5 Å². The van der Waals surface area contributed by atoms with Crippen LogP contribution in [-0.2, 0) is 0 Å². The van der Waals surface area contributed by atoms with Gasteiger partial charge in [0.1, 0.15) is 17.9 Å². The molecular weight excluding hydrogens is 484 g/mol. The Morgan fingerprint density at radius 3 is 2.58 bits per heavy atom. The predicted octanol–water partition coefficient (Wildman–Crippen LogP) is 5.16. The van der Waals surface area contributed by atoms with Crippen molar-refractivity contribution in [2.45, 2.75) is 0 Å². The first kappa shape index (κ1) is 22.6. The summed E-state index contributed by atoms with van der Waals surface area (Å²) in [5.41, 5.74) is 10.2. The van der Waals surface area contributed by atoms with Crippen LogP contribution in [0.25, 0.3) is 22.0 Å². The Morgan fingerprint density at radius 2 is 1.85 bits per heavy atom. The number of urea groups is 1. The van der Waals surface area contributed by atoms with E-state index in [1.807, 2.05) is 74.8 Å². The number of carbonyl (C=O) groups excluding carboxylic acids is 1. The number of aromatic nitrogens is 2. The van der Waals surface area contributed by atoms with Crippen LogP contribution in [0.3, 0.4) is 0 Å². The van der Waals surface area contributed by atoms with Gasteiger partial charge in [-0.05, 0) is 67.7 Å². The fourth-order valence-electron chi connectivity index (χ4n) is 3.42. The molecule has 0 aliphatic heterocycles. The summed E-state index contributed by atoms with van der Waals surface area (Å²) in [5.74, 6) is 1.12. The van der Waals surface area contributed by atoms with Gasteiger partial charge < -0.3 is 26.0 Å². The average Bonchev–Trinajstić information content (AvgIpc) is 3.16. The van der Waals surface area contributed by atoms with Crippen molar-refractivity contribution >= 4 is 50.1 Å². The molecular formula is C24H25BrN6O2. The first-order valence-corrected chi connectivity index (χ1v) is 11.2. The van der Waals surface area contributed by atoms with Crippen LogP contribution in [-0.4, -0.2) is 48.4 Å². The standard InChI is InChI=1S/C24H25BrN6O2/c1-31(2)12-13-33-20-11-10-19(21-22(20)29-30-23(21)26)15-6-8-17(9-7-15)27-24(32)28-18-5-3-4-16(25)14-18/h3-11,14H,12-13H2,1-2H3,(H3,26,29,30)(H2,27,28,32). The van der Waals surface area contributed by atoms with Crippen molar-refractivity contribution in [3.63, 3.8) is 0 Å². The lowest BCUT2D eigenvalue weighted by atomic mass is 10.0. The molecule has 3 aromatic carbocycles. The summed E-state index contributed by atoms with van der Waals surface area (Å²) in [5, 5.41) is 13.6. The zero-order valence-electron chi connectivity index (χ0n) is 18.4. The minimum atomic E-state index is -0.318. The second kappa shape index (κ2) is 9.93. The predicted molar refractivity (Wildman–Crippen MR) is 137 cm³/mol. The van der Waals surface area contributed by atoms with Gasteiger partial charge in [-0.2, -0.15) is 5.10 Å². The Hall–Kier alpha value is -3.56. The first-order valence-electron chi connectivity index (χ1n) is 10.4. The number of benzene rings is 3. The van der Waals surface area contributed by atoms with Gasteiger partial charge in [-0.1, -0.05) is 34.1 Å². The second-order valence-corrected chi connectivity index (χ2v) is 8.70. The minimum absolute atomic E-state index is 0.318. The Morgan fingerprint density at radius 1 is 1.09 bits per heavy atom. The topological polar surface area (TPSA) is 108 Å². The molecule has 0 unspecified atom stereocenters. The van der Waals surface area contributed by atoms with E-state index in [2.05, 4.69) is 41.7 Å². The molecule has 9 heteroatoms. The van der Waals surface area contributed by atoms with Crippen molar-refractivity contribution < 1.29 is 9.53 Å². The molecule has 4 aromatic rings. The average molecular weight is 509 g/mol. The van der Waals surface area contributed by atoms with Gasteiger partial charge in [-0.25, -0.2) is 4.79 Å². The number of hydrogen-bond donors (Lipinski definition) is 4. The quantitative estimate of drug-likeness (QED) is 0.275. The van der Waals surface area contributed by atoms with E-state index in [-0.39, 0.29) is 6.03 Å². The summed E-state index contributed by atoms with van der Waals surface area (Å²) in [6.45, 7) is 1.36. The highest BCUT2D eigenvalue weighted by Gasteiger charge is 2.15. The molecule has 0 saturated carbocycles. The smallest absolute Gasteiger partial charge is 0.323 e. The SMILES string of the molecule is CN(C)CCOc1ccc(-c2ccc(NC(=O)Nc3cccc(Br)c3)cc2)c2c(N)n[nH]c12. The Kier molecular flexibility index (Phi) is 6.81. The van der Waals surface area contributed by atoms with Crippen molar-refractivity contribution in [2.24, 2.45) is 0 Å². The fourth-order valence-corrected chi connectivity index (χ4v) is 3.82. The van der Waals surface area contributed by atoms with Gasteiger partial charge in [0.25, 0.3) is 0 Å². The second-order valence-electron chi connectivity index (χ2n) is 7.79. The van der Waals surface area contributed by atoms with E-state index in [1.165, 1.54) is 0 Å². The first-order chi connectivity index (χ1) is 15.9. The highest BCUT2D eigenvalue weighted by molar-refractivity contribution is 9.10. The highest BCUT2D eigenvalue weighted by atomic mass is 79.9. The lowest BCUT2D eigenvalue weighted by molar-refractivity contribution is 0.262. The molecule has 4 rings (SSSR count). The number of anilines is 3. The van der Waals surface area contributed by atoms with Crippen molar-refractivity contribution in [2.75, 3.05) is 43.6 Å². The number of nitrogens with two attached hydrogens (primary N) is 1. The number of nitrogens with zero attached hydrogens (tertiary/aromatic N) is 2. The van der Waals surface area contributed by atoms with Crippen LogP contribution in [0.5, 0.6) is 5.75 Å². The number of hydrogen-bond acceptors (Lipinski definition) is 5. The maximum atomic E-state index is 12.3. The molecule has 0 aliphatic carbocycles. The van der Waals surface area contributed by atoms with Gasteiger partial charge in [0.2, 0.25) is 0 Å². The molecule has 33 heavy (non-hydrogen) atoms. The highest BCUT2D eigenvalue weighted by Crippen LogP contribution is 2.36. The molecule has 0 atom stereocenters. The number of nitrogen functional groups attached to an aromatic ring is 1. The number of fused-ring (bicyclic) bond motifs is 1. The number of likely N-dealkylation sites (N-methyl/N-ethyl adjacent to an activating group) is 1. The van der Waals surface area contributed by atoms with Gasteiger partial charge in [0, 0.05) is 22.4 Å². The van der Waals surface area contributed by atoms with Crippen molar-refractivity contribution in [3.8, 4) is 16.9 Å². The maximum absolute atomic E-state index is 12.3. The van der Waals surface area contributed by atoms with Crippen molar-refractivity contribution in [1.29, 1.82) is 0 Å². The minimum Gasteiger partial charge on any atom is -0.490 e. The Balaban J connectivity index is 1.51. The summed E-state index contributed by atoms with van der Waals surface area (Å²) in [7, 11) is 4.00. The van der Waals surface area contributed by atoms with E-state index in [9.17, 15) is 4.79 Å². The van der Waals surface area contributed by atoms with Crippen LogP contribution in [0.15, 0.2) is 65.1 Å². The van der Waals surface area contributed by atoms with Crippen molar-refractivity contribution in [1.82, 2.24) is 15.1 Å². The van der Waals surface area contributed by atoms with E-state index in [0.717, 1.165) is 33.0 Å². The number of rotatable bonds is 7. The Bertz CT molecular complexity index is 1270. The number of halogens is 1. The third-order valence-electron chi connectivity index (χ3n) is 5.04. The van der Waals surface area contributed by atoms with Crippen LogP contribution in [0.4, 0.5) is 22.0 Å². The number of ether oxygens (including phenoxy) is 1. The van der Waals surface area contributed by atoms with Gasteiger partial charge in [-0.3, -0.25) is 5.10 Å². The summed E-state index contributed by atoms with van der Waals surface area (Å²) >= 11 is 3.39. The van der Waals surface area contributed by atoms with E-state index < -0.39 is 0 Å². The number of aromatic amines is 1. The zero-order valence-corrected chi connectivity index (χ0v) is 19.9. The van der Waals surface area contributed by atoms with Gasteiger partial charge in [0.05, 0.1) is 5.39 Å². The summed E-state index contributed by atoms with van der Waals surface area (Å²) in [6.07, 6.45) is 0. The molecule has 0 radical (unpaired) electrons. The largest absolute Gasteiger partial charge is 0.490 e. The third kappa shape index (κ3) is 5.44. The van der Waals surface area contributed by atoms with Gasteiger partial charge >= 0.3 is 6.03 Å². The summed E-state index contributed by atoms with van der Waals surface area (Å²) in [4.78, 5) is 14.4. The van der Waals surface area contributed by atoms with Crippen LogP contribution >= 0.6 is 15.9 Å². The summed E-state index contributed by atoms with van der Waals surface area (Å²) in [6, 6.07) is 18.5. The van der Waals surface area contributed by atoms with Gasteiger partial charge in [-0.15, -0.1) is 0 Å². The molecule has 0 bridgehead atoms. The molecule has 0 saturated heterocycles.